The second-order valence-electron chi connectivity index (χ2n) is 3.86. The Morgan fingerprint density at radius 3 is 2.47 bits per heavy atom. The molecule has 2 aromatic rings. The van der Waals surface area contributed by atoms with Crippen LogP contribution in [0.25, 0.3) is 10.7 Å². The Labute approximate surface area is 99.7 Å². The van der Waals surface area contributed by atoms with Crippen LogP contribution < -0.4 is 0 Å². The molecule has 0 radical (unpaired) electrons. The number of aromatic amines is 1. The summed E-state index contributed by atoms with van der Waals surface area (Å²) in [4.78, 5) is 3.93. The van der Waals surface area contributed by atoms with Crippen molar-refractivity contribution in [3.63, 3.8) is 0 Å². The summed E-state index contributed by atoms with van der Waals surface area (Å²) in [6.45, 7) is 3.86. The van der Waals surface area contributed by atoms with Gasteiger partial charge in [0.15, 0.2) is 5.82 Å². The second-order valence-corrected chi connectivity index (χ2v) is 4.94. The van der Waals surface area contributed by atoms with Gasteiger partial charge in [-0.15, -0.1) is 11.3 Å². The summed E-state index contributed by atoms with van der Waals surface area (Å²) in [5, 5.41) is 6.63. The Bertz CT molecular complexity index is 513. The zero-order valence-corrected chi connectivity index (χ0v) is 9.99. The van der Waals surface area contributed by atoms with Crippen LogP contribution in [-0.2, 0) is 6.18 Å². The van der Waals surface area contributed by atoms with Crippen LogP contribution in [0.1, 0.15) is 30.5 Å². The van der Waals surface area contributed by atoms with Crippen molar-refractivity contribution in [1.29, 1.82) is 0 Å². The van der Waals surface area contributed by atoms with Crippen molar-refractivity contribution in [2.75, 3.05) is 0 Å². The van der Waals surface area contributed by atoms with Gasteiger partial charge in [0.1, 0.15) is 10.7 Å². The molecule has 92 valence electrons. The van der Waals surface area contributed by atoms with E-state index in [4.69, 9.17) is 0 Å². The first-order valence-corrected chi connectivity index (χ1v) is 5.79. The van der Waals surface area contributed by atoms with Gasteiger partial charge in [-0.05, 0) is 12.1 Å². The lowest BCUT2D eigenvalue weighted by molar-refractivity contribution is -0.134. The average Bonchev–Trinajstić information content (AvgIpc) is 2.85. The minimum atomic E-state index is -4.31. The van der Waals surface area contributed by atoms with E-state index < -0.39 is 11.1 Å². The molecule has 0 saturated heterocycles. The van der Waals surface area contributed by atoms with E-state index in [9.17, 15) is 13.2 Å². The smallest absolute Gasteiger partial charge is 0.262 e. The van der Waals surface area contributed by atoms with E-state index in [1.165, 1.54) is 6.07 Å². The Kier molecular flexibility index (Phi) is 2.94. The number of rotatable bonds is 2. The number of hydrogen-bond donors (Lipinski definition) is 1. The van der Waals surface area contributed by atoms with Gasteiger partial charge in [-0.3, -0.25) is 5.10 Å². The highest BCUT2D eigenvalue weighted by Gasteiger charge is 2.32. The molecule has 0 aliphatic heterocycles. The van der Waals surface area contributed by atoms with E-state index in [0.717, 1.165) is 6.07 Å². The van der Waals surface area contributed by atoms with Crippen LogP contribution in [-0.4, -0.2) is 15.2 Å². The number of alkyl halides is 3. The maximum absolute atomic E-state index is 12.4. The van der Waals surface area contributed by atoms with Crippen molar-refractivity contribution in [3.05, 3.63) is 22.8 Å². The molecule has 0 amide bonds. The first kappa shape index (κ1) is 12.1. The van der Waals surface area contributed by atoms with Gasteiger partial charge in [0.05, 0.1) is 4.88 Å². The predicted octanol–water partition coefficient (Wildman–Crippen LogP) is 3.68. The van der Waals surface area contributed by atoms with Gasteiger partial charge in [-0.25, -0.2) is 4.98 Å². The third-order valence-corrected chi connectivity index (χ3v) is 3.28. The molecule has 0 unspecified atom stereocenters. The van der Waals surface area contributed by atoms with Crippen molar-refractivity contribution in [2.24, 2.45) is 0 Å². The van der Waals surface area contributed by atoms with Gasteiger partial charge in [-0.1, -0.05) is 13.8 Å². The van der Waals surface area contributed by atoms with Crippen molar-refractivity contribution < 1.29 is 13.2 Å². The minimum Gasteiger partial charge on any atom is -0.262 e. The number of hydrogen-bond acceptors (Lipinski definition) is 3. The number of nitrogens with zero attached hydrogens (tertiary/aromatic N) is 2. The topological polar surface area (TPSA) is 41.6 Å². The lowest BCUT2D eigenvalue weighted by Gasteiger charge is -2.00. The summed E-state index contributed by atoms with van der Waals surface area (Å²) in [5.41, 5.74) is 0. The maximum atomic E-state index is 12.4. The normalized spacial score (nSPS) is 12.4. The van der Waals surface area contributed by atoms with Gasteiger partial charge in [0, 0.05) is 5.92 Å². The van der Waals surface area contributed by atoms with Gasteiger partial charge >= 0.3 is 6.18 Å². The number of aromatic nitrogens is 3. The highest BCUT2D eigenvalue weighted by Crippen LogP contribution is 2.37. The highest BCUT2D eigenvalue weighted by molar-refractivity contribution is 7.15. The van der Waals surface area contributed by atoms with Crippen LogP contribution >= 0.6 is 11.3 Å². The van der Waals surface area contributed by atoms with Crippen LogP contribution in [0.15, 0.2) is 12.1 Å². The zero-order valence-electron chi connectivity index (χ0n) is 9.17. The van der Waals surface area contributed by atoms with Gasteiger partial charge in [-0.2, -0.15) is 18.3 Å². The van der Waals surface area contributed by atoms with E-state index in [1.807, 2.05) is 13.8 Å². The molecule has 2 rings (SSSR count). The summed E-state index contributed by atoms with van der Waals surface area (Å²) >= 11 is 0.648. The molecule has 0 bridgehead atoms. The number of thiophene rings is 1. The Hall–Kier alpha value is -1.37. The van der Waals surface area contributed by atoms with Crippen LogP contribution in [0.5, 0.6) is 0 Å². The monoisotopic (exact) mass is 261 g/mol. The molecule has 0 atom stereocenters. The third-order valence-electron chi connectivity index (χ3n) is 2.16. The van der Waals surface area contributed by atoms with Crippen molar-refractivity contribution >= 4 is 11.3 Å². The first-order chi connectivity index (χ1) is 7.88. The molecule has 0 spiro atoms. The number of halogens is 3. The van der Waals surface area contributed by atoms with E-state index in [0.29, 0.717) is 27.9 Å². The summed E-state index contributed by atoms with van der Waals surface area (Å²) < 4.78 is 37.2. The summed E-state index contributed by atoms with van der Waals surface area (Å²) in [7, 11) is 0. The zero-order chi connectivity index (χ0) is 12.6. The SMILES string of the molecule is CC(C)c1nc(-c2ccc(C(F)(F)F)s2)n[nH]1. The van der Waals surface area contributed by atoms with Crippen LogP contribution in [0.4, 0.5) is 13.2 Å². The summed E-state index contributed by atoms with van der Waals surface area (Å²) in [5.74, 6) is 1.15. The van der Waals surface area contributed by atoms with Crippen molar-refractivity contribution in [1.82, 2.24) is 15.2 Å². The summed E-state index contributed by atoms with van der Waals surface area (Å²) in [6, 6.07) is 2.44. The number of H-pyrrole nitrogens is 1. The van der Waals surface area contributed by atoms with Gasteiger partial charge in [0.25, 0.3) is 0 Å². The molecule has 3 nitrogen and oxygen atoms in total. The quantitative estimate of drug-likeness (QED) is 0.896. The fourth-order valence-corrected chi connectivity index (χ4v) is 2.06. The maximum Gasteiger partial charge on any atom is 0.425 e. The van der Waals surface area contributed by atoms with Gasteiger partial charge in [0.2, 0.25) is 0 Å². The molecule has 2 aromatic heterocycles. The summed E-state index contributed by atoms with van der Waals surface area (Å²) in [6.07, 6.45) is -4.31. The molecule has 1 N–H and O–H groups in total. The molecule has 0 aromatic carbocycles. The van der Waals surface area contributed by atoms with E-state index in [2.05, 4.69) is 15.2 Å². The second kappa shape index (κ2) is 4.14. The largest absolute Gasteiger partial charge is 0.425 e. The molecule has 7 heteroatoms. The van der Waals surface area contributed by atoms with Crippen LogP contribution in [0.2, 0.25) is 0 Å². The van der Waals surface area contributed by atoms with Crippen molar-refractivity contribution in [3.8, 4) is 10.7 Å². The molecule has 0 aliphatic rings. The average molecular weight is 261 g/mol. The molecule has 2 heterocycles. The third kappa shape index (κ3) is 2.49. The van der Waals surface area contributed by atoms with Gasteiger partial charge < -0.3 is 0 Å². The van der Waals surface area contributed by atoms with E-state index >= 15 is 0 Å². The molecule has 0 fully saturated rings. The van der Waals surface area contributed by atoms with Crippen LogP contribution in [0, 0.1) is 0 Å². The predicted molar refractivity (Wildman–Crippen MR) is 58.8 cm³/mol. The Balaban J connectivity index is 2.31. The minimum absolute atomic E-state index is 0.165. The first-order valence-electron chi connectivity index (χ1n) is 4.97. The molecule has 17 heavy (non-hydrogen) atoms. The standard InChI is InChI=1S/C10H10F3N3S/c1-5(2)8-14-9(16-15-8)6-3-4-7(17-6)10(11,12)13/h3-5H,1-2H3,(H,14,15,16). The fraction of sp³-hybridized carbons (Fsp3) is 0.400. The lowest BCUT2D eigenvalue weighted by atomic mass is 10.2. The van der Waals surface area contributed by atoms with Crippen LogP contribution in [0.3, 0.4) is 0 Å². The number of nitrogens with one attached hydrogen (secondary N) is 1. The highest BCUT2D eigenvalue weighted by atomic mass is 32.1. The Morgan fingerprint density at radius 1 is 1.29 bits per heavy atom. The molecular weight excluding hydrogens is 251 g/mol. The molecule has 0 saturated carbocycles. The fourth-order valence-electron chi connectivity index (χ4n) is 1.25. The van der Waals surface area contributed by atoms with Crippen molar-refractivity contribution in [2.45, 2.75) is 25.9 Å². The molecule has 0 aliphatic carbocycles. The van der Waals surface area contributed by atoms with E-state index in [-0.39, 0.29) is 5.92 Å². The molecular formula is C10H10F3N3S. The Morgan fingerprint density at radius 2 is 2.00 bits per heavy atom. The van der Waals surface area contributed by atoms with E-state index in [1.54, 1.807) is 0 Å². The lowest BCUT2D eigenvalue weighted by Crippen LogP contribution is -2.00.